The molecule has 0 aliphatic carbocycles. The van der Waals surface area contributed by atoms with Crippen molar-refractivity contribution in [2.75, 3.05) is 45.5 Å². The molecular weight excluding hydrogens is 618 g/mol. The number of nitrogens with one attached hydrogen (secondary N) is 1. The summed E-state index contributed by atoms with van der Waals surface area (Å²) in [5, 5.41) is 12.0. The predicted molar refractivity (Wildman–Crippen MR) is 191 cm³/mol. The standard InChI is InChI=1S/C36H39N11O2/c1-5-16-38-34-31(32(37)42-44(34)4)35(48)40-25(2)33-41-29-13-9-10-27(30(29)36(49)47(33)28-11-7-6-8-12-28)15-14-26-23-39-46(24-26)22-21-45-19-17-43(3)18-20-45/h5-13,16,23-25H,1,17-22H2,2-4H3,(H2,37,42)(H,40,48)/b38-16-. The lowest BCUT2D eigenvalue weighted by molar-refractivity contribution is 0.0939. The van der Waals surface area contributed by atoms with Crippen LogP contribution in [0.2, 0.25) is 0 Å². The van der Waals surface area contributed by atoms with E-state index in [1.54, 1.807) is 26.2 Å². The summed E-state index contributed by atoms with van der Waals surface area (Å²) in [6.07, 6.45) is 6.62. The molecule has 1 atom stereocenters. The number of carbonyl (C=O) groups is 1. The number of aliphatic imine (C=N–C) groups is 1. The third-order valence-corrected chi connectivity index (χ3v) is 8.46. The number of para-hydroxylation sites is 1. The molecule has 13 heteroatoms. The lowest BCUT2D eigenvalue weighted by Crippen LogP contribution is -2.45. The van der Waals surface area contributed by atoms with Crippen molar-refractivity contribution in [2.24, 2.45) is 12.0 Å². The van der Waals surface area contributed by atoms with Crippen LogP contribution in [0.1, 0.15) is 40.3 Å². The van der Waals surface area contributed by atoms with Crippen LogP contribution in [0, 0.1) is 11.8 Å². The van der Waals surface area contributed by atoms with Crippen LogP contribution >= 0.6 is 0 Å². The van der Waals surface area contributed by atoms with Gasteiger partial charge in [-0.2, -0.15) is 10.2 Å². The normalized spacial score (nSPS) is 14.5. The molecule has 4 heterocycles. The van der Waals surface area contributed by atoms with Crippen LogP contribution in [0.25, 0.3) is 16.6 Å². The monoisotopic (exact) mass is 657 g/mol. The Labute approximate surface area is 284 Å². The molecule has 3 N–H and O–H groups in total. The SMILES string of the molecule is C=C/C=N\c1c(C(=O)NC(C)c2nc3cccc(C#Cc4cnn(CCN5CCN(C)CC5)c4)c3c(=O)n2-c2ccccc2)c(N)nn1C. The third-order valence-electron chi connectivity index (χ3n) is 8.46. The van der Waals surface area contributed by atoms with Crippen molar-refractivity contribution in [2.45, 2.75) is 19.5 Å². The minimum atomic E-state index is -0.716. The Kier molecular flexibility index (Phi) is 9.79. The summed E-state index contributed by atoms with van der Waals surface area (Å²) in [5.41, 5.74) is 8.26. The van der Waals surface area contributed by atoms with Gasteiger partial charge in [-0.05, 0) is 38.2 Å². The summed E-state index contributed by atoms with van der Waals surface area (Å²) < 4.78 is 4.84. The van der Waals surface area contributed by atoms with Gasteiger partial charge in [0.15, 0.2) is 11.6 Å². The Hall–Kier alpha value is -5.84. The second kappa shape index (κ2) is 14.5. The van der Waals surface area contributed by atoms with Crippen LogP contribution in [0.15, 0.2) is 83.4 Å². The van der Waals surface area contributed by atoms with Gasteiger partial charge in [-0.25, -0.2) is 14.7 Å². The lowest BCUT2D eigenvalue weighted by Gasteiger charge is -2.32. The topological polar surface area (TPSA) is 144 Å². The summed E-state index contributed by atoms with van der Waals surface area (Å²) >= 11 is 0. The summed E-state index contributed by atoms with van der Waals surface area (Å²) in [6, 6.07) is 13.9. The van der Waals surface area contributed by atoms with E-state index in [0.717, 1.165) is 44.8 Å². The van der Waals surface area contributed by atoms with Gasteiger partial charge in [-0.15, -0.1) is 0 Å². The number of nitrogens with zero attached hydrogens (tertiary/aromatic N) is 9. The van der Waals surface area contributed by atoms with Crippen LogP contribution in [0.3, 0.4) is 0 Å². The highest BCUT2D eigenvalue weighted by molar-refractivity contribution is 6.03. The summed E-state index contributed by atoms with van der Waals surface area (Å²) in [6.45, 7) is 11.4. The first-order valence-corrected chi connectivity index (χ1v) is 16.1. The molecule has 1 amide bonds. The third kappa shape index (κ3) is 7.20. The minimum absolute atomic E-state index is 0.0270. The number of nitrogens with two attached hydrogens (primary N) is 1. The van der Waals surface area contributed by atoms with E-state index in [9.17, 15) is 9.59 Å². The van der Waals surface area contributed by atoms with Gasteiger partial charge in [0.2, 0.25) is 0 Å². The van der Waals surface area contributed by atoms with Crippen LogP contribution in [0.4, 0.5) is 11.6 Å². The first-order chi connectivity index (χ1) is 23.7. The number of carbonyl (C=O) groups excluding carboxylic acids is 1. The maximum Gasteiger partial charge on any atom is 0.267 e. The van der Waals surface area contributed by atoms with Crippen molar-refractivity contribution < 1.29 is 4.79 Å². The van der Waals surface area contributed by atoms with Crippen LogP contribution in [0.5, 0.6) is 0 Å². The summed E-state index contributed by atoms with van der Waals surface area (Å²) in [5.74, 6) is 6.51. The minimum Gasteiger partial charge on any atom is -0.381 e. The van der Waals surface area contributed by atoms with Crippen LogP contribution < -0.4 is 16.6 Å². The van der Waals surface area contributed by atoms with E-state index in [0.29, 0.717) is 28.0 Å². The molecule has 49 heavy (non-hydrogen) atoms. The zero-order valence-corrected chi connectivity index (χ0v) is 27.9. The van der Waals surface area contributed by atoms with Crippen molar-refractivity contribution in [1.29, 1.82) is 0 Å². The van der Waals surface area contributed by atoms with E-state index in [-0.39, 0.29) is 22.8 Å². The summed E-state index contributed by atoms with van der Waals surface area (Å²) in [4.78, 5) is 41.9. The molecule has 1 unspecified atom stereocenters. The number of hydrogen-bond donors (Lipinski definition) is 2. The molecule has 0 saturated carbocycles. The van der Waals surface area contributed by atoms with Crippen molar-refractivity contribution >= 4 is 34.7 Å². The number of likely N-dealkylation sites (N-methyl/N-ethyl adjacent to an activating group) is 1. The predicted octanol–water partition coefficient (Wildman–Crippen LogP) is 2.92. The lowest BCUT2D eigenvalue weighted by atomic mass is 10.1. The maximum absolute atomic E-state index is 14.4. The zero-order chi connectivity index (χ0) is 34.5. The number of allylic oxidation sites excluding steroid dienone is 1. The fraction of sp³-hybridized carbons (Fsp3) is 0.278. The van der Waals surface area contributed by atoms with Gasteiger partial charge < -0.3 is 16.0 Å². The molecular formula is C36H39N11O2. The van der Waals surface area contributed by atoms with Crippen LogP contribution in [-0.4, -0.2) is 90.8 Å². The average Bonchev–Trinajstić information content (AvgIpc) is 3.68. The Morgan fingerprint density at radius 3 is 2.61 bits per heavy atom. The first kappa shape index (κ1) is 33.1. The number of nitrogen functional groups attached to an aromatic ring is 1. The number of rotatable bonds is 9. The Morgan fingerprint density at radius 2 is 1.86 bits per heavy atom. The number of anilines is 1. The second-order valence-electron chi connectivity index (χ2n) is 11.9. The van der Waals surface area contributed by atoms with E-state index >= 15 is 0 Å². The quantitative estimate of drug-likeness (QED) is 0.182. The van der Waals surface area contributed by atoms with E-state index < -0.39 is 11.9 Å². The molecule has 6 rings (SSSR count). The fourth-order valence-electron chi connectivity index (χ4n) is 5.83. The number of fused-ring (bicyclic) bond motifs is 1. The van der Waals surface area contributed by atoms with Gasteiger partial charge >= 0.3 is 0 Å². The van der Waals surface area contributed by atoms with E-state index in [4.69, 9.17) is 10.7 Å². The molecule has 0 radical (unpaired) electrons. The highest BCUT2D eigenvalue weighted by atomic mass is 16.2. The number of amides is 1. The molecule has 1 aliphatic heterocycles. The van der Waals surface area contributed by atoms with Crippen molar-refractivity contribution in [3.63, 3.8) is 0 Å². The highest BCUT2D eigenvalue weighted by Crippen LogP contribution is 2.26. The number of aromatic nitrogens is 6. The van der Waals surface area contributed by atoms with Crippen molar-refractivity contribution in [1.82, 2.24) is 44.2 Å². The Balaban J connectivity index is 1.32. The van der Waals surface area contributed by atoms with Crippen molar-refractivity contribution in [3.8, 4) is 17.5 Å². The van der Waals surface area contributed by atoms with Gasteiger partial charge in [-0.1, -0.05) is 48.8 Å². The molecule has 13 nitrogen and oxygen atoms in total. The smallest absolute Gasteiger partial charge is 0.267 e. The maximum atomic E-state index is 14.4. The fourth-order valence-corrected chi connectivity index (χ4v) is 5.83. The molecule has 5 aromatic rings. The van der Waals surface area contributed by atoms with Gasteiger partial charge in [0, 0.05) is 57.7 Å². The average molecular weight is 658 g/mol. The first-order valence-electron chi connectivity index (χ1n) is 16.1. The van der Waals surface area contributed by atoms with Gasteiger partial charge in [0.1, 0.15) is 11.4 Å². The molecule has 0 spiro atoms. The molecule has 250 valence electrons. The molecule has 2 aromatic carbocycles. The Bertz CT molecular complexity index is 2140. The number of hydrogen-bond acceptors (Lipinski definition) is 9. The van der Waals surface area contributed by atoms with E-state index in [1.165, 1.54) is 21.5 Å². The molecule has 1 aliphatic rings. The van der Waals surface area contributed by atoms with E-state index in [1.807, 2.05) is 53.3 Å². The van der Waals surface area contributed by atoms with Gasteiger partial charge in [0.25, 0.3) is 11.5 Å². The molecule has 3 aromatic heterocycles. The number of piperazine rings is 1. The molecule has 1 saturated heterocycles. The Morgan fingerprint density at radius 1 is 1.08 bits per heavy atom. The van der Waals surface area contributed by atoms with E-state index in [2.05, 4.69) is 55.8 Å². The summed E-state index contributed by atoms with van der Waals surface area (Å²) in [7, 11) is 3.80. The highest BCUT2D eigenvalue weighted by Gasteiger charge is 2.25. The molecule has 0 bridgehead atoms. The van der Waals surface area contributed by atoms with Gasteiger partial charge in [-0.3, -0.25) is 23.7 Å². The zero-order valence-electron chi connectivity index (χ0n) is 27.9. The number of benzene rings is 2. The van der Waals surface area contributed by atoms with Crippen LogP contribution in [-0.2, 0) is 13.6 Å². The second-order valence-corrected chi connectivity index (χ2v) is 11.9. The number of aryl methyl sites for hydroxylation is 1. The molecule has 1 fully saturated rings. The van der Waals surface area contributed by atoms with Crippen molar-refractivity contribution in [3.05, 3.63) is 106 Å². The van der Waals surface area contributed by atoms with Gasteiger partial charge in [0.05, 0.1) is 40.9 Å². The largest absolute Gasteiger partial charge is 0.381 e.